The van der Waals surface area contributed by atoms with Crippen LogP contribution in [0.15, 0.2) is 48.5 Å². The lowest BCUT2D eigenvalue weighted by Gasteiger charge is -2.33. The number of benzene rings is 2. The van der Waals surface area contributed by atoms with Gasteiger partial charge in [-0.3, -0.25) is 14.5 Å². The Morgan fingerprint density at radius 3 is 2.76 bits per heavy atom. The van der Waals surface area contributed by atoms with E-state index < -0.39 is 6.10 Å². The Labute approximate surface area is 145 Å². The van der Waals surface area contributed by atoms with Crippen molar-refractivity contribution in [2.45, 2.75) is 19.6 Å². The predicted molar refractivity (Wildman–Crippen MR) is 91.8 cm³/mol. The van der Waals surface area contributed by atoms with Crippen LogP contribution in [0.5, 0.6) is 5.75 Å². The predicted octanol–water partition coefficient (Wildman–Crippen LogP) is 2.60. The lowest BCUT2D eigenvalue weighted by atomic mass is 10.1. The molecule has 0 bridgehead atoms. The molecule has 0 saturated carbocycles. The maximum Gasteiger partial charge on any atom is 0.268 e. The Morgan fingerprint density at radius 1 is 1.24 bits per heavy atom. The van der Waals surface area contributed by atoms with Crippen molar-refractivity contribution in [3.8, 4) is 5.75 Å². The molecule has 3 rings (SSSR count). The molecule has 130 valence electrons. The molecule has 1 aliphatic rings. The second-order valence-corrected chi connectivity index (χ2v) is 6.03. The van der Waals surface area contributed by atoms with Gasteiger partial charge in [0.15, 0.2) is 6.10 Å². The van der Waals surface area contributed by atoms with E-state index in [0.29, 0.717) is 17.0 Å². The highest BCUT2D eigenvalue weighted by molar-refractivity contribution is 6.03. The Hall–Kier alpha value is -2.89. The Balaban J connectivity index is 1.74. The highest BCUT2D eigenvalue weighted by Crippen LogP contribution is 2.33. The van der Waals surface area contributed by atoms with Crippen molar-refractivity contribution in [1.29, 1.82) is 0 Å². The van der Waals surface area contributed by atoms with Crippen LogP contribution in [0.25, 0.3) is 0 Å². The van der Waals surface area contributed by atoms with Crippen molar-refractivity contribution in [1.82, 2.24) is 4.90 Å². The number of amides is 2. The van der Waals surface area contributed by atoms with Crippen LogP contribution >= 0.6 is 0 Å². The number of hydrogen-bond donors (Lipinski definition) is 0. The maximum absolute atomic E-state index is 13.3. The first-order chi connectivity index (χ1) is 12.0. The van der Waals surface area contributed by atoms with E-state index >= 15 is 0 Å². The number of para-hydroxylation sites is 2. The van der Waals surface area contributed by atoms with Crippen LogP contribution in [0.1, 0.15) is 12.5 Å². The minimum atomic E-state index is -0.642. The molecule has 25 heavy (non-hydrogen) atoms. The lowest BCUT2D eigenvalue weighted by molar-refractivity contribution is -0.132. The summed E-state index contributed by atoms with van der Waals surface area (Å²) < 4.78 is 18.8. The van der Waals surface area contributed by atoms with Crippen LogP contribution in [0.4, 0.5) is 10.1 Å². The van der Waals surface area contributed by atoms with Crippen LogP contribution < -0.4 is 9.64 Å². The number of ether oxygens (including phenoxy) is 1. The number of carbonyl (C=O) groups is 2. The number of anilines is 1. The smallest absolute Gasteiger partial charge is 0.268 e. The average molecular weight is 342 g/mol. The first kappa shape index (κ1) is 17.0. The van der Waals surface area contributed by atoms with E-state index in [1.807, 2.05) is 6.07 Å². The van der Waals surface area contributed by atoms with Gasteiger partial charge in [-0.25, -0.2) is 4.39 Å². The van der Waals surface area contributed by atoms with Crippen molar-refractivity contribution in [3.05, 3.63) is 59.9 Å². The Bertz CT molecular complexity index is 809. The number of halogens is 1. The molecular formula is C19H19FN2O3. The fourth-order valence-corrected chi connectivity index (χ4v) is 2.78. The van der Waals surface area contributed by atoms with Crippen molar-refractivity contribution in [2.24, 2.45) is 0 Å². The Morgan fingerprint density at radius 2 is 2.00 bits per heavy atom. The molecule has 2 aromatic carbocycles. The largest absolute Gasteiger partial charge is 0.479 e. The van der Waals surface area contributed by atoms with Gasteiger partial charge in [0.05, 0.1) is 5.69 Å². The zero-order valence-electron chi connectivity index (χ0n) is 14.1. The van der Waals surface area contributed by atoms with Gasteiger partial charge in [-0.15, -0.1) is 0 Å². The van der Waals surface area contributed by atoms with E-state index in [9.17, 15) is 14.0 Å². The molecule has 0 aromatic heterocycles. The monoisotopic (exact) mass is 342 g/mol. The van der Waals surface area contributed by atoms with Crippen LogP contribution in [-0.4, -0.2) is 36.4 Å². The second kappa shape index (κ2) is 6.93. The summed E-state index contributed by atoms with van der Waals surface area (Å²) >= 11 is 0. The van der Waals surface area contributed by atoms with Gasteiger partial charge in [0.1, 0.15) is 18.1 Å². The number of nitrogens with zero attached hydrogens (tertiary/aromatic N) is 2. The van der Waals surface area contributed by atoms with Gasteiger partial charge in [-0.05, 0) is 36.8 Å². The molecule has 0 saturated heterocycles. The second-order valence-electron chi connectivity index (χ2n) is 6.03. The molecule has 0 N–H and O–H groups in total. The standard InChI is InChI=1S/C19H19FN2O3/c1-13-19(24)22(16-8-3-4-9-17(16)25-13)12-18(23)21(2)11-14-6-5-7-15(20)10-14/h3-10,13H,11-12H2,1-2H3/t13-/m1/s1. The van der Waals surface area contributed by atoms with Crippen molar-refractivity contribution in [3.63, 3.8) is 0 Å². The summed E-state index contributed by atoms with van der Waals surface area (Å²) in [6.45, 7) is 1.84. The fourth-order valence-electron chi connectivity index (χ4n) is 2.78. The summed E-state index contributed by atoms with van der Waals surface area (Å²) in [4.78, 5) is 27.9. The zero-order valence-corrected chi connectivity index (χ0v) is 14.1. The van der Waals surface area contributed by atoms with Crippen molar-refractivity contribution >= 4 is 17.5 Å². The highest BCUT2D eigenvalue weighted by Gasteiger charge is 2.33. The fraction of sp³-hybridized carbons (Fsp3) is 0.263. The molecule has 0 aliphatic carbocycles. The van der Waals surface area contributed by atoms with Gasteiger partial charge in [0.25, 0.3) is 5.91 Å². The summed E-state index contributed by atoms with van der Waals surface area (Å²) in [5.74, 6) is -0.257. The summed E-state index contributed by atoms with van der Waals surface area (Å²) in [6.07, 6.45) is -0.642. The molecule has 2 aromatic rings. The molecule has 5 nitrogen and oxygen atoms in total. The SMILES string of the molecule is C[C@H]1Oc2ccccc2N(CC(=O)N(C)Cc2cccc(F)c2)C1=O. The molecule has 0 unspecified atom stereocenters. The molecule has 6 heteroatoms. The van der Waals surface area contributed by atoms with Crippen LogP contribution in [0.3, 0.4) is 0 Å². The average Bonchev–Trinajstić information content (AvgIpc) is 2.58. The number of carbonyl (C=O) groups excluding carboxylic acids is 2. The zero-order chi connectivity index (χ0) is 18.0. The number of likely N-dealkylation sites (N-methyl/N-ethyl adjacent to an activating group) is 1. The van der Waals surface area contributed by atoms with Crippen LogP contribution in [0.2, 0.25) is 0 Å². The van der Waals surface area contributed by atoms with E-state index in [-0.39, 0.29) is 30.7 Å². The molecule has 0 radical (unpaired) electrons. The summed E-state index contributed by atoms with van der Waals surface area (Å²) in [5.41, 5.74) is 1.27. The number of rotatable bonds is 4. The van der Waals surface area contributed by atoms with Gasteiger partial charge in [-0.1, -0.05) is 24.3 Å². The molecule has 0 fully saturated rings. The van der Waals surface area contributed by atoms with E-state index in [0.717, 1.165) is 0 Å². The lowest BCUT2D eigenvalue weighted by Crippen LogP contribution is -2.48. The molecular weight excluding hydrogens is 323 g/mol. The normalized spacial score (nSPS) is 16.2. The third kappa shape index (κ3) is 3.63. The number of fused-ring (bicyclic) bond motifs is 1. The minimum Gasteiger partial charge on any atom is -0.479 e. The summed E-state index contributed by atoms with van der Waals surface area (Å²) in [6, 6.07) is 13.2. The van der Waals surface area contributed by atoms with E-state index in [1.54, 1.807) is 44.3 Å². The van der Waals surface area contributed by atoms with Gasteiger partial charge in [-0.2, -0.15) is 0 Å². The quantitative estimate of drug-likeness (QED) is 0.858. The minimum absolute atomic E-state index is 0.0879. The maximum atomic E-state index is 13.3. The Kier molecular flexibility index (Phi) is 4.70. The number of hydrogen-bond acceptors (Lipinski definition) is 3. The van der Waals surface area contributed by atoms with Gasteiger partial charge < -0.3 is 9.64 Å². The first-order valence-corrected chi connectivity index (χ1v) is 8.01. The molecule has 1 atom stereocenters. The third-order valence-electron chi connectivity index (χ3n) is 4.10. The van der Waals surface area contributed by atoms with E-state index in [1.165, 1.54) is 21.9 Å². The molecule has 1 heterocycles. The van der Waals surface area contributed by atoms with Crippen molar-refractivity contribution in [2.75, 3.05) is 18.5 Å². The molecule has 2 amide bonds. The summed E-state index contributed by atoms with van der Waals surface area (Å²) in [5, 5.41) is 0. The van der Waals surface area contributed by atoms with Crippen LogP contribution in [0, 0.1) is 5.82 Å². The van der Waals surface area contributed by atoms with Crippen molar-refractivity contribution < 1.29 is 18.7 Å². The van der Waals surface area contributed by atoms with Gasteiger partial charge in [0.2, 0.25) is 5.91 Å². The topological polar surface area (TPSA) is 49.9 Å². The van der Waals surface area contributed by atoms with E-state index in [2.05, 4.69) is 0 Å². The summed E-state index contributed by atoms with van der Waals surface area (Å²) in [7, 11) is 1.63. The first-order valence-electron chi connectivity index (χ1n) is 8.01. The van der Waals surface area contributed by atoms with Gasteiger partial charge in [0, 0.05) is 13.6 Å². The van der Waals surface area contributed by atoms with Gasteiger partial charge >= 0.3 is 0 Å². The molecule has 1 aliphatic heterocycles. The highest BCUT2D eigenvalue weighted by atomic mass is 19.1. The van der Waals surface area contributed by atoms with E-state index in [4.69, 9.17) is 4.74 Å². The van der Waals surface area contributed by atoms with Crippen LogP contribution in [-0.2, 0) is 16.1 Å². The third-order valence-corrected chi connectivity index (χ3v) is 4.10. The molecule has 0 spiro atoms.